The molecule has 0 heterocycles. The van der Waals surface area contributed by atoms with Crippen molar-refractivity contribution in [3.8, 4) is 11.5 Å². The van der Waals surface area contributed by atoms with E-state index in [9.17, 15) is 19.8 Å². The Balaban J connectivity index is 1.78. The molecular weight excluding hydrogens is 372 g/mol. The molecule has 6 heteroatoms. The van der Waals surface area contributed by atoms with Gasteiger partial charge in [-0.15, -0.1) is 0 Å². The first-order valence-electron chi connectivity index (χ1n) is 9.75. The monoisotopic (exact) mass is 396 g/mol. The maximum Gasteiger partial charge on any atom is 0.311 e. The molecule has 0 saturated heterocycles. The number of carboxylic acids is 2. The largest absolute Gasteiger partial charge is 0.496 e. The van der Waals surface area contributed by atoms with Crippen LogP contribution >= 0.6 is 0 Å². The van der Waals surface area contributed by atoms with E-state index in [-0.39, 0.29) is 12.8 Å². The highest BCUT2D eigenvalue weighted by atomic mass is 16.5. The second-order valence-corrected chi connectivity index (χ2v) is 7.78. The van der Waals surface area contributed by atoms with E-state index in [4.69, 9.17) is 9.47 Å². The molecule has 4 atom stereocenters. The van der Waals surface area contributed by atoms with Crippen molar-refractivity contribution in [2.45, 2.75) is 31.6 Å². The molecule has 4 rings (SSSR count). The predicted octanol–water partition coefficient (Wildman–Crippen LogP) is 3.91. The van der Waals surface area contributed by atoms with Crippen LogP contribution in [0.5, 0.6) is 11.5 Å². The lowest BCUT2D eigenvalue weighted by atomic mass is 9.78. The molecular formula is C23H24O6. The Labute approximate surface area is 169 Å². The van der Waals surface area contributed by atoms with Gasteiger partial charge in [0.2, 0.25) is 0 Å². The number of para-hydroxylation sites is 2. The van der Waals surface area contributed by atoms with Gasteiger partial charge in [-0.25, -0.2) is 0 Å². The van der Waals surface area contributed by atoms with Gasteiger partial charge in [-0.1, -0.05) is 36.4 Å². The van der Waals surface area contributed by atoms with E-state index in [0.717, 1.165) is 11.1 Å². The molecule has 4 unspecified atom stereocenters. The van der Waals surface area contributed by atoms with Gasteiger partial charge in [-0.05, 0) is 43.0 Å². The minimum atomic E-state index is -1.36. The maximum atomic E-state index is 12.5. The molecule has 2 aromatic carbocycles. The molecule has 2 N–H and O–H groups in total. The lowest BCUT2D eigenvalue weighted by Gasteiger charge is -2.24. The second kappa shape index (κ2) is 6.79. The Hall–Kier alpha value is -3.02. The fourth-order valence-corrected chi connectivity index (χ4v) is 5.13. The van der Waals surface area contributed by atoms with Crippen LogP contribution in [0.1, 0.15) is 42.7 Å². The first-order valence-corrected chi connectivity index (χ1v) is 9.75. The number of carbonyl (C=O) groups is 2. The highest BCUT2D eigenvalue weighted by molar-refractivity contribution is 5.94. The zero-order chi connectivity index (χ0) is 20.8. The summed E-state index contributed by atoms with van der Waals surface area (Å²) in [5, 5.41) is 20.5. The summed E-state index contributed by atoms with van der Waals surface area (Å²) < 4.78 is 11.1. The smallest absolute Gasteiger partial charge is 0.311 e. The van der Waals surface area contributed by atoms with Gasteiger partial charge < -0.3 is 19.7 Å². The fourth-order valence-electron chi connectivity index (χ4n) is 5.13. The summed E-state index contributed by atoms with van der Waals surface area (Å²) >= 11 is 0. The molecule has 152 valence electrons. The zero-order valence-electron chi connectivity index (χ0n) is 16.4. The number of methoxy groups -OCH3 is 1. The molecule has 2 aliphatic rings. The first-order chi connectivity index (χ1) is 13.9. The fraction of sp³-hybridized carbons (Fsp3) is 0.391. The summed E-state index contributed by atoms with van der Waals surface area (Å²) in [6.45, 7) is 2.32. The minimum Gasteiger partial charge on any atom is -0.496 e. The van der Waals surface area contributed by atoms with Gasteiger partial charge in [0.1, 0.15) is 11.5 Å². The topological polar surface area (TPSA) is 93.1 Å². The van der Waals surface area contributed by atoms with Gasteiger partial charge in [0.25, 0.3) is 0 Å². The van der Waals surface area contributed by atoms with Crippen LogP contribution in [-0.4, -0.2) is 35.9 Å². The molecule has 29 heavy (non-hydrogen) atoms. The van der Waals surface area contributed by atoms with Crippen LogP contribution in [0.2, 0.25) is 0 Å². The molecule has 2 saturated carbocycles. The molecule has 2 fully saturated rings. The normalized spacial score (nSPS) is 29.7. The predicted molar refractivity (Wildman–Crippen MR) is 105 cm³/mol. The molecule has 0 radical (unpaired) electrons. The maximum absolute atomic E-state index is 12.5. The van der Waals surface area contributed by atoms with Crippen molar-refractivity contribution in [2.24, 2.45) is 10.8 Å². The van der Waals surface area contributed by atoms with Crippen molar-refractivity contribution < 1.29 is 29.3 Å². The minimum absolute atomic E-state index is 0.280. The zero-order valence-corrected chi connectivity index (χ0v) is 16.4. The Morgan fingerprint density at radius 2 is 1.34 bits per heavy atom. The molecule has 0 aliphatic heterocycles. The van der Waals surface area contributed by atoms with E-state index < -0.39 is 34.6 Å². The number of hydrogen-bond acceptors (Lipinski definition) is 4. The summed E-state index contributed by atoms with van der Waals surface area (Å²) in [4.78, 5) is 25.0. The molecule has 0 bridgehead atoms. The van der Waals surface area contributed by atoms with Crippen LogP contribution in [0.15, 0.2) is 48.5 Å². The second-order valence-electron chi connectivity index (χ2n) is 7.78. The van der Waals surface area contributed by atoms with Crippen molar-refractivity contribution in [1.82, 2.24) is 0 Å². The van der Waals surface area contributed by atoms with Crippen molar-refractivity contribution in [3.63, 3.8) is 0 Å². The molecule has 0 amide bonds. The van der Waals surface area contributed by atoms with E-state index in [2.05, 4.69) is 0 Å². The van der Waals surface area contributed by atoms with Gasteiger partial charge in [-0.3, -0.25) is 9.59 Å². The van der Waals surface area contributed by atoms with E-state index in [1.165, 1.54) is 7.11 Å². The van der Waals surface area contributed by atoms with E-state index in [0.29, 0.717) is 18.1 Å². The van der Waals surface area contributed by atoms with Gasteiger partial charge in [0.05, 0.1) is 24.5 Å². The van der Waals surface area contributed by atoms with Crippen LogP contribution in [-0.2, 0) is 9.59 Å². The summed E-state index contributed by atoms with van der Waals surface area (Å²) in [5.74, 6) is -1.72. The third-order valence-electron chi connectivity index (χ3n) is 6.59. The number of rotatable bonds is 8. The Kier molecular flexibility index (Phi) is 4.52. The standard InChI is InChI=1S/C23H24O6/c1-3-29-19-11-7-5-9-15(19)17-13-23(17,21(26)27)22(20(24)25)12-16(22)14-8-4-6-10-18(14)28-2/h4-11,16-17H,3,12-13H2,1-2H3,(H,24,25)(H,26,27). The average molecular weight is 396 g/mol. The highest BCUT2D eigenvalue weighted by Crippen LogP contribution is 2.82. The first kappa shape index (κ1) is 19.3. The summed E-state index contributed by atoms with van der Waals surface area (Å²) in [7, 11) is 1.54. The van der Waals surface area contributed by atoms with Crippen LogP contribution in [0, 0.1) is 10.8 Å². The van der Waals surface area contributed by atoms with Crippen molar-refractivity contribution >= 4 is 11.9 Å². The van der Waals surface area contributed by atoms with Crippen LogP contribution in [0.4, 0.5) is 0 Å². The number of ether oxygens (including phenoxy) is 2. The highest BCUT2D eigenvalue weighted by Gasteiger charge is 2.84. The lowest BCUT2D eigenvalue weighted by Crippen LogP contribution is -2.36. The van der Waals surface area contributed by atoms with Gasteiger partial charge >= 0.3 is 11.9 Å². The van der Waals surface area contributed by atoms with Crippen LogP contribution in [0.3, 0.4) is 0 Å². The summed E-state index contributed by atoms with van der Waals surface area (Å²) in [6, 6.07) is 14.6. The Morgan fingerprint density at radius 1 is 0.897 bits per heavy atom. The van der Waals surface area contributed by atoms with Crippen LogP contribution in [0.25, 0.3) is 0 Å². The van der Waals surface area contributed by atoms with Crippen molar-refractivity contribution in [3.05, 3.63) is 59.7 Å². The van der Waals surface area contributed by atoms with Gasteiger partial charge in [0.15, 0.2) is 0 Å². The van der Waals surface area contributed by atoms with Crippen molar-refractivity contribution in [2.75, 3.05) is 13.7 Å². The summed E-state index contributed by atoms with van der Waals surface area (Å²) in [5.41, 5.74) is -1.21. The quantitative estimate of drug-likeness (QED) is 0.703. The number of benzene rings is 2. The number of hydrogen-bond donors (Lipinski definition) is 2. The average Bonchev–Trinajstić information content (AvgIpc) is 3.61. The third kappa shape index (κ3) is 2.62. The molecule has 0 aromatic heterocycles. The Bertz CT molecular complexity index is 969. The molecule has 2 aliphatic carbocycles. The number of aliphatic carboxylic acids is 2. The van der Waals surface area contributed by atoms with Crippen LogP contribution < -0.4 is 9.47 Å². The SMILES string of the molecule is CCOc1ccccc1C1CC1(C(=O)O)C1(C(=O)O)CC1c1ccccc1OC. The lowest BCUT2D eigenvalue weighted by molar-refractivity contribution is -0.158. The van der Waals surface area contributed by atoms with E-state index >= 15 is 0 Å². The summed E-state index contributed by atoms with van der Waals surface area (Å²) in [6.07, 6.45) is 0.562. The Morgan fingerprint density at radius 3 is 1.79 bits per heavy atom. The van der Waals surface area contributed by atoms with Crippen molar-refractivity contribution in [1.29, 1.82) is 0 Å². The van der Waals surface area contributed by atoms with Gasteiger partial charge in [0, 0.05) is 11.8 Å². The molecule has 2 aromatic rings. The molecule has 0 spiro atoms. The van der Waals surface area contributed by atoms with Gasteiger partial charge in [-0.2, -0.15) is 0 Å². The van der Waals surface area contributed by atoms with E-state index in [1.54, 1.807) is 6.07 Å². The van der Waals surface area contributed by atoms with E-state index in [1.807, 2.05) is 49.4 Å². The molecule has 6 nitrogen and oxygen atoms in total. The third-order valence-corrected chi connectivity index (χ3v) is 6.59. The number of carboxylic acid groups (broad SMARTS) is 2.